The van der Waals surface area contributed by atoms with E-state index in [9.17, 15) is 4.79 Å². The second kappa shape index (κ2) is 6.71. The van der Waals surface area contributed by atoms with E-state index in [1.54, 1.807) is 38.4 Å². The van der Waals surface area contributed by atoms with Gasteiger partial charge in [0.15, 0.2) is 10.1 Å². The zero-order chi connectivity index (χ0) is 14.5. The minimum Gasteiger partial charge on any atom is -0.497 e. The van der Waals surface area contributed by atoms with E-state index in [0.29, 0.717) is 5.56 Å². The molecule has 0 aliphatic rings. The summed E-state index contributed by atoms with van der Waals surface area (Å²) in [5.74, 6) is 0.809. The molecule has 5 nitrogen and oxygen atoms in total. The number of hydrogen-bond donors (Lipinski definition) is 1. The molecule has 20 heavy (non-hydrogen) atoms. The molecule has 1 heterocycles. The fourth-order valence-corrected chi connectivity index (χ4v) is 3.48. The normalized spacial score (nSPS) is 11.9. The molecule has 0 aliphatic heterocycles. The molecule has 0 saturated heterocycles. The van der Waals surface area contributed by atoms with Crippen molar-refractivity contribution in [3.63, 3.8) is 0 Å². The van der Waals surface area contributed by atoms with Gasteiger partial charge in [0, 0.05) is 12.6 Å². The molecule has 0 radical (unpaired) electrons. The van der Waals surface area contributed by atoms with Gasteiger partial charge in [-0.15, -0.1) is 10.2 Å². The number of rotatable bonds is 6. The Balaban J connectivity index is 2.03. The zero-order valence-electron chi connectivity index (χ0n) is 11.4. The summed E-state index contributed by atoms with van der Waals surface area (Å²) in [6.45, 7) is 1.87. The van der Waals surface area contributed by atoms with Crippen molar-refractivity contribution < 1.29 is 9.53 Å². The van der Waals surface area contributed by atoms with Crippen LogP contribution in [0, 0.1) is 0 Å². The van der Waals surface area contributed by atoms with Crippen LogP contribution >= 0.6 is 23.1 Å². The maximum Gasteiger partial charge on any atom is 0.206 e. The first-order chi connectivity index (χ1) is 9.63. The van der Waals surface area contributed by atoms with E-state index in [1.807, 2.05) is 6.92 Å². The van der Waals surface area contributed by atoms with Crippen molar-refractivity contribution in [2.75, 3.05) is 19.5 Å². The van der Waals surface area contributed by atoms with Crippen LogP contribution < -0.4 is 10.1 Å². The molecule has 1 N–H and O–H groups in total. The summed E-state index contributed by atoms with van der Waals surface area (Å²) in [4.78, 5) is 12.3. The fourth-order valence-electron chi connectivity index (χ4n) is 1.55. The van der Waals surface area contributed by atoms with Gasteiger partial charge in [-0.25, -0.2) is 0 Å². The topological polar surface area (TPSA) is 64.1 Å². The van der Waals surface area contributed by atoms with Crippen LogP contribution in [0.2, 0.25) is 0 Å². The van der Waals surface area contributed by atoms with Crippen LogP contribution in [0.4, 0.5) is 5.13 Å². The van der Waals surface area contributed by atoms with Crippen molar-refractivity contribution in [1.82, 2.24) is 10.2 Å². The molecule has 0 aliphatic carbocycles. The van der Waals surface area contributed by atoms with Gasteiger partial charge in [-0.3, -0.25) is 4.79 Å². The fraction of sp³-hybridized carbons (Fsp3) is 0.308. The lowest BCUT2D eigenvalue weighted by atomic mass is 10.1. The van der Waals surface area contributed by atoms with Crippen molar-refractivity contribution in [2.45, 2.75) is 16.5 Å². The highest BCUT2D eigenvalue weighted by Crippen LogP contribution is 2.30. The third-order valence-electron chi connectivity index (χ3n) is 2.64. The summed E-state index contributed by atoms with van der Waals surface area (Å²) < 4.78 is 5.86. The van der Waals surface area contributed by atoms with Crippen LogP contribution in [-0.2, 0) is 0 Å². The van der Waals surface area contributed by atoms with Gasteiger partial charge in [-0.1, -0.05) is 23.1 Å². The molecule has 106 valence electrons. The quantitative estimate of drug-likeness (QED) is 0.654. The lowest BCUT2D eigenvalue weighted by Gasteiger charge is -2.08. The van der Waals surface area contributed by atoms with E-state index in [2.05, 4.69) is 15.5 Å². The molecular weight excluding hydrogens is 294 g/mol. The van der Waals surface area contributed by atoms with Crippen molar-refractivity contribution in [1.29, 1.82) is 0 Å². The molecule has 7 heteroatoms. The van der Waals surface area contributed by atoms with E-state index in [0.717, 1.165) is 15.2 Å². The molecule has 1 aromatic carbocycles. The Morgan fingerprint density at radius 3 is 2.60 bits per heavy atom. The SMILES string of the molecule is CNc1nnc(S[C@@H](C)C(=O)c2ccc(OC)cc2)s1. The van der Waals surface area contributed by atoms with Gasteiger partial charge in [0.05, 0.1) is 12.4 Å². The summed E-state index contributed by atoms with van der Waals surface area (Å²) in [6.07, 6.45) is 0. The van der Waals surface area contributed by atoms with Crippen LogP contribution in [0.15, 0.2) is 28.6 Å². The number of ketones is 1. The number of nitrogens with zero attached hydrogens (tertiary/aromatic N) is 2. The Kier molecular flexibility index (Phi) is 4.97. The Morgan fingerprint density at radius 2 is 2.05 bits per heavy atom. The number of anilines is 1. The average Bonchev–Trinajstić information content (AvgIpc) is 2.94. The predicted octanol–water partition coefficient (Wildman–Crippen LogP) is 2.95. The van der Waals surface area contributed by atoms with Gasteiger partial charge in [-0.05, 0) is 31.2 Å². The number of ether oxygens (including phenoxy) is 1. The minimum absolute atomic E-state index is 0.0684. The molecule has 1 atom stereocenters. The van der Waals surface area contributed by atoms with Crippen LogP contribution in [0.25, 0.3) is 0 Å². The number of aromatic nitrogens is 2. The maximum absolute atomic E-state index is 12.3. The van der Waals surface area contributed by atoms with E-state index >= 15 is 0 Å². The first kappa shape index (κ1) is 14.8. The molecule has 1 aromatic heterocycles. The second-order valence-electron chi connectivity index (χ2n) is 3.98. The number of nitrogens with one attached hydrogen (secondary N) is 1. The van der Waals surface area contributed by atoms with E-state index in [4.69, 9.17) is 4.74 Å². The number of Topliss-reactive ketones (excluding diaryl/α,β-unsaturated/α-hetero) is 1. The number of benzene rings is 1. The maximum atomic E-state index is 12.3. The Hall–Kier alpha value is -1.60. The van der Waals surface area contributed by atoms with Crippen LogP contribution in [-0.4, -0.2) is 35.4 Å². The number of methoxy groups -OCH3 is 1. The largest absolute Gasteiger partial charge is 0.497 e. The molecule has 0 fully saturated rings. The number of hydrogen-bond acceptors (Lipinski definition) is 7. The average molecular weight is 309 g/mol. The summed E-state index contributed by atoms with van der Waals surface area (Å²) in [7, 11) is 3.39. The Labute approximate surface area is 125 Å². The molecule has 0 bridgehead atoms. The standard InChI is InChI=1S/C13H15N3O2S2/c1-8(19-13-16-15-12(14-2)20-13)11(17)9-4-6-10(18-3)7-5-9/h4-8H,1-3H3,(H,14,15)/t8-/m0/s1. The summed E-state index contributed by atoms with van der Waals surface area (Å²) in [5.41, 5.74) is 0.671. The van der Waals surface area contributed by atoms with Crippen LogP contribution in [0.3, 0.4) is 0 Å². The zero-order valence-corrected chi connectivity index (χ0v) is 13.0. The van der Waals surface area contributed by atoms with Crippen molar-refractivity contribution in [3.8, 4) is 5.75 Å². The van der Waals surface area contributed by atoms with E-state index in [1.165, 1.54) is 23.1 Å². The third-order valence-corrected chi connectivity index (χ3v) is 4.77. The molecule has 0 spiro atoms. The van der Waals surface area contributed by atoms with Crippen molar-refractivity contribution in [3.05, 3.63) is 29.8 Å². The highest BCUT2D eigenvalue weighted by molar-refractivity contribution is 8.02. The van der Waals surface area contributed by atoms with E-state index < -0.39 is 0 Å². The Bertz CT molecular complexity index is 584. The number of carbonyl (C=O) groups excluding carboxylic acids is 1. The summed E-state index contributed by atoms with van der Waals surface area (Å²) >= 11 is 2.85. The van der Waals surface area contributed by atoms with Crippen LogP contribution in [0.5, 0.6) is 5.75 Å². The first-order valence-electron chi connectivity index (χ1n) is 6.00. The Morgan fingerprint density at radius 1 is 1.35 bits per heavy atom. The highest BCUT2D eigenvalue weighted by Gasteiger charge is 2.18. The van der Waals surface area contributed by atoms with Gasteiger partial charge in [-0.2, -0.15) is 0 Å². The molecular formula is C13H15N3O2S2. The molecule has 2 aromatic rings. The molecule has 2 rings (SSSR count). The number of thioether (sulfide) groups is 1. The minimum atomic E-state index is -0.207. The summed E-state index contributed by atoms with van der Waals surface area (Å²) in [5, 5.41) is 11.4. The lowest BCUT2D eigenvalue weighted by molar-refractivity contribution is 0.0994. The van der Waals surface area contributed by atoms with E-state index in [-0.39, 0.29) is 11.0 Å². The predicted molar refractivity (Wildman–Crippen MR) is 82.1 cm³/mol. The van der Waals surface area contributed by atoms with Gasteiger partial charge in [0.1, 0.15) is 5.75 Å². The van der Waals surface area contributed by atoms with Crippen LogP contribution in [0.1, 0.15) is 17.3 Å². The highest BCUT2D eigenvalue weighted by atomic mass is 32.2. The molecule has 0 amide bonds. The molecule has 0 unspecified atom stereocenters. The monoisotopic (exact) mass is 309 g/mol. The van der Waals surface area contributed by atoms with Crippen molar-refractivity contribution in [2.24, 2.45) is 0 Å². The van der Waals surface area contributed by atoms with Gasteiger partial charge in [0.25, 0.3) is 0 Å². The third kappa shape index (κ3) is 3.49. The smallest absolute Gasteiger partial charge is 0.206 e. The summed E-state index contributed by atoms with van der Waals surface area (Å²) in [6, 6.07) is 7.12. The van der Waals surface area contributed by atoms with Gasteiger partial charge >= 0.3 is 0 Å². The van der Waals surface area contributed by atoms with Gasteiger partial charge < -0.3 is 10.1 Å². The number of carbonyl (C=O) groups is 1. The molecule has 0 saturated carbocycles. The first-order valence-corrected chi connectivity index (χ1v) is 7.70. The second-order valence-corrected chi connectivity index (χ2v) is 6.54. The van der Waals surface area contributed by atoms with Gasteiger partial charge in [0.2, 0.25) is 5.13 Å². The van der Waals surface area contributed by atoms with Crippen molar-refractivity contribution >= 4 is 34.0 Å². The lowest BCUT2D eigenvalue weighted by Crippen LogP contribution is -2.13.